The summed E-state index contributed by atoms with van der Waals surface area (Å²) < 4.78 is 37.1. The molecule has 4 heterocycles. The first-order valence-corrected chi connectivity index (χ1v) is 8.51. The Labute approximate surface area is 162 Å². The lowest BCUT2D eigenvalue weighted by Crippen LogP contribution is -2.24. The number of hydrogen-bond donors (Lipinski definition) is 3. The fourth-order valence-electron chi connectivity index (χ4n) is 2.81. The molecule has 29 heavy (non-hydrogen) atoms. The molecular weight excluding hydrogens is 393 g/mol. The molecule has 3 aromatic rings. The number of nitrogens with zero attached hydrogens (tertiary/aromatic N) is 4. The van der Waals surface area contributed by atoms with Gasteiger partial charge in [0.25, 0.3) is 5.89 Å². The monoisotopic (exact) mass is 410 g/mol. The molecule has 1 aliphatic heterocycles. The number of pyridine rings is 1. The van der Waals surface area contributed by atoms with Crippen LogP contribution in [-0.4, -0.2) is 48.9 Å². The van der Waals surface area contributed by atoms with E-state index in [1.807, 2.05) is 20.0 Å². The topological polar surface area (TPSA) is 130 Å². The maximum absolute atomic E-state index is 10.6. The largest absolute Gasteiger partial charge is 0.490 e. The van der Waals surface area contributed by atoms with E-state index in [0.717, 1.165) is 36.5 Å². The Morgan fingerprint density at radius 1 is 1.24 bits per heavy atom. The minimum absolute atomic E-state index is 0.397. The Hall–Kier alpha value is -3.28. The number of carbonyl (C=O) groups is 1. The van der Waals surface area contributed by atoms with E-state index < -0.39 is 12.1 Å². The van der Waals surface area contributed by atoms with E-state index in [0.29, 0.717) is 17.5 Å². The Bertz CT molecular complexity index is 1030. The van der Waals surface area contributed by atoms with Gasteiger partial charge in [-0.1, -0.05) is 5.16 Å². The summed E-state index contributed by atoms with van der Waals surface area (Å²) in [5.41, 5.74) is 5.32. The molecule has 0 bridgehead atoms. The third-order valence-electron chi connectivity index (χ3n) is 4.13. The molecule has 0 aromatic carbocycles. The standard InChI is InChI=1S/C15H16N6O.C2HF3O2/c1-8-5-18-14(19-8)15-20-13(21-22-15)12-9(2)17-7-10-6-16-4-3-11(10)12;3-2(4,5)1(6)7/h5,7,16H,3-4,6H2,1-2H3,(H,18,19);(H,6,7). The van der Waals surface area contributed by atoms with Crippen LogP contribution in [0.4, 0.5) is 13.2 Å². The number of carboxylic acids is 1. The molecule has 1 aliphatic rings. The van der Waals surface area contributed by atoms with Crippen LogP contribution in [0.5, 0.6) is 0 Å². The van der Waals surface area contributed by atoms with Crippen LogP contribution in [0.1, 0.15) is 22.5 Å². The second-order valence-corrected chi connectivity index (χ2v) is 6.29. The van der Waals surface area contributed by atoms with Crippen LogP contribution >= 0.6 is 0 Å². The maximum atomic E-state index is 10.6. The first-order valence-electron chi connectivity index (χ1n) is 8.51. The summed E-state index contributed by atoms with van der Waals surface area (Å²) in [5.74, 6) is -1.19. The van der Waals surface area contributed by atoms with Gasteiger partial charge in [-0.2, -0.15) is 18.2 Å². The second-order valence-electron chi connectivity index (χ2n) is 6.29. The summed E-state index contributed by atoms with van der Waals surface area (Å²) in [6.07, 6.45) is -0.475. The first-order chi connectivity index (χ1) is 13.7. The normalized spacial score (nSPS) is 13.4. The molecule has 0 aliphatic carbocycles. The highest BCUT2D eigenvalue weighted by molar-refractivity contribution is 5.73. The number of aliphatic carboxylic acids is 1. The zero-order chi connectivity index (χ0) is 21.2. The van der Waals surface area contributed by atoms with Gasteiger partial charge in [-0.15, -0.1) is 0 Å². The summed E-state index contributed by atoms with van der Waals surface area (Å²) >= 11 is 0. The molecule has 0 saturated carbocycles. The fourth-order valence-corrected chi connectivity index (χ4v) is 2.81. The van der Waals surface area contributed by atoms with E-state index in [1.165, 1.54) is 11.1 Å². The lowest BCUT2D eigenvalue weighted by atomic mass is 9.95. The van der Waals surface area contributed by atoms with Crippen LogP contribution in [0.2, 0.25) is 0 Å². The Kier molecular flexibility index (Phi) is 5.64. The van der Waals surface area contributed by atoms with Crippen molar-refractivity contribution in [3.63, 3.8) is 0 Å². The smallest absolute Gasteiger partial charge is 0.475 e. The average molecular weight is 410 g/mol. The summed E-state index contributed by atoms with van der Waals surface area (Å²) in [6, 6.07) is 0. The van der Waals surface area contributed by atoms with Gasteiger partial charge in [-0.25, -0.2) is 9.78 Å². The van der Waals surface area contributed by atoms with Gasteiger partial charge in [-0.05, 0) is 37.9 Å². The van der Waals surface area contributed by atoms with Crippen molar-refractivity contribution in [2.75, 3.05) is 6.54 Å². The van der Waals surface area contributed by atoms with Gasteiger partial charge in [0.1, 0.15) is 0 Å². The van der Waals surface area contributed by atoms with Crippen molar-refractivity contribution in [1.82, 2.24) is 30.4 Å². The van der Waals surface area contributed by atoms with E-state index in [9.17, 15) is 13.2 Å². The minimum atomic E-state index is -5.08. The summed E-state index contributed by atoms with van der Waals surface area (Å²) in [6.45, 7) is 5.69. The van der Waals surface area contributed by atoms with Crippen molar-refractivity contribution in [2.45, 2.75) is 33.0 Å². The summed E-state index contributed by atoms with van der Waals surface area (Å²) in [4.78, 5) is 25.2. The van der Waals surface area contributed by atoms with E-state index >= 15 is 0 Å². The van der Waals surface area contributed by atoms with Gasteiger partial charge >= 0.3 is 12.1 Å². The molecule has 0 unspecified atom stereocenters. The van der Waals surface area contributed by atoms with E-state index in [2.05, 4.69) is 30.4 Å². The van der Waals surface area contributed by atoms with Crippen molar-refractivity contribution in [3.05, 3.63) is 34.9 Å². The number of alkyl halides is 3. The molecule has 0 fully saturated rings. The molecule has 3 aromatic heterocycles. The van der Waals surface area contributed by atoms with Crippen molar-refractivity contribution in [1.29, 1.82) is 0 Å². The Balaban J connectivity index is 0.000000298. The van der Waals surface area contributed by atoms with Crippen LogP contribution in [-0.2, 0) is 17.8 Å². The Morgan fingerprint density at radius 3 is 2.59 bits per heavy atom. The molecule has 12 heteroatoms. The number of halogens is 3. The highest BCUT2D eigenvalue weighted by Gasteiger charge is 2.38. The summed E-state index contributed by atoms with van der Waals surface area (Å²) in [5, 5.41) is 14.6. The Morgan fingerprint density at radius 2 is 1.97 bits per heavy atom. The number of rotatable bonds is 2. The molecule has 0 radical (unpaired) electrons. The van der Waals surface area contributed by atoms with E-state index in [4.69, 9.17) is 14.4 Å². The molecule has 3 N–H and O–H groups in total. The number of H-pyrrole nitrogens is 1. The molecule has 0 spiro atoms. The highest BCUT2D eigenvalue weighted by atomic mass is 19.4. The number of aryl methyl sites for hydroxylation is 2. The van der Waals surface area contributed by atoms with Gasteiger partial charge in [-0.3, -0.25) is 4.98 Å². The predicted molar refractivity (Wildman–Crippen MR) is 93.7 cm³/mol. The minimum Gasteiger partial charge on any atom is -0.475 e. The van der Waals surface area contributed by atoms with E-state index in [1.54, 1.807) is 6.20 Å². The van der Waals surface area contributed by atoms with Crippen LogP contribution in [0, 0.1) is 13.8 Å². The maximum Gasteiger partial charge on any atom is 0.490 e. The van der Waals surface area contributed by atoms with Crippen LogP contribution < -0.4 is 5.32 Å². The van der Waals surface area contributed by atoms with Crippen molar-refractivity contribution in [3.8, 4) is 23.1 Å². The number of hydrogen-bond acceptors (Lipinski definition) is 7. The van der Waals surface area contributed by atoms with Crippen LogP contribution in [0.15, 0.2) is 16.9 Å². The molecule has 0 saturated heterocycles. The van der Waals surface area contributed by atoms with Crippen LogP contribution in [0.3, 0.4) is 0 Å². The SMILES string of the molecule is Cc1cnc(-c2nc(-c3c(C)ncc4c3CCNC4)no2)[nH]1.O=C(O)C(F)(F)F. The third-order valence-corrected chi connectivity index (χ3v) is 4.13. The number of imidazole rings is 1. The molecule has 9 nitrogen and oxygen atoms in total. The summed E-state index contributed by atoms with van der Waals surface area (Å²) in [7, 11) is 0. The molecule has 0 atom stereocenters. The van der Waals surface area contributed by atoms with Gasteiger partial charge in [0.2, 0.25) is 5.82 Å². The van der Waals surface area contributed by atoms with Crippen molar-refractivity contribution in [2.24, 2.45) is 0 Å². The predicted octanol–water partition coefficient (Wildman–Crippen LogP) is 2.42. The third kappa shape index (κ3) is 4.59. The lowest BCUT2D eigenvalue weighted by Gasteiger charge is -2.19. The number of aromatic nitrogens is 5. The number of aromatic amines is 1. The molecular formula is C17H17F3N6O3. The van der Waals surface area contributed by atoms with Gasteiger partial charge in [0.05, 0.1) is 0 Å². The quantitative estimate of drug-likeness (QED) is 0.587. The van der Waals surface area contributed by atoms with E-state index in [-0.39, 0.29) is 0 Å². The van der Waals surface area contributed by atoms with Gasteiger partial charge in [0.15, 0.2) is 5.82 Å². The number of carboxylic acid groups (broad SMARTS) is 1. The van der Waals surface area contributed by atoms with Crippen LogP contribution in [0.25, 0.3) is 23.1 Å². The zero-order valence-electron chi connectivity index (χ0n) is 15.5. The number of fused-ring (bicyclic) bond motifs is 1. The lowest BCUT2D eigenvalue weighted by molar-refractivity contribution is -0.192. The first kappa shape index (κ1) is 20.5. The molecule has 4 rings (SSSR count). The number of nitrogens with one attached hydrogen (secondary N) is 2. The zero-order valence-corrected chi connectivity index (χ0v) is 15.5. The average Bonchev–Trinajstić information content (AvgIpc) is 3.30. The molecule has 0 amide bonds. The van der Waals surface area contributed by atoms with Gasteiger partial charge in [0, 0.05) is 35.9 Å². The van der Waals surface area contributed by atoms with Gasteiger partial charge < -0.3 is 19.9 Å². The highest BCUT2D eigenvalue weighted by Crippen LogP contribution is 2.29. The fraction of sp³-hybridized carbons (Fsp3) is 0.353. The van der Waals surface area contributed by atoms with Crippen molar-refractivity contribution < 1.29 is 27.6 Å². The molecule has 154 valence electrons. The second kappa shape index (κ2) is 7.99. The van der Waals surface area contributed by atoms with Crippen molar-refractivity contribution >= 4 is 5.97 Å².